The molecule has 31 heavy (non-hydrogen) atoms. The van der Waals surface area contributed by atoms with E-state index in [-0.39, 0.29) is 5.38 Å². The van der Waals surface area contributed by atoms with E-state index >= 15 is 0 Å². The fourth-order valence-corrected chi connectivity index (χ4v) is 7.39. The van der Waals surface area contributed by atoms with Gasteiger partial charge in [0.05, 0.1) is 5.38 Å². The molecule has 0 N–H and O–H groups in total. The first-order valence-corrected chi connectivity index (χ1v) is 12.2. The summed E-state index contributed by atoms with van der Waals surface area (Å²) in [5, 5.41) is -0.247. The number of allylic oxidation sites excluding steroid dienone is 1. The Labute approximate surface area is 190 Å². The van der Waals surface area contributed by atoms with E-state index in [1.165, 1.54) is 42.4 Å². The molecule has 6 atom stereocenters. The van der Waals surface area contributed by atoms with E-state index in [4.69, 9.17) is 16.3 Å². The Bertz CT molecular complexity index is 980. The van der Waals surface area contributed by atoms with Crippen molar-refractivity contribution in [1.82, 2.24) is 0 Å². The van der Waals surface area contributed by atoms with Crippen LogP contribution in [0.3, 0.4) is 0 Å². The first kappa shape index (κ1) is 20.9. The summed E-state index contributed by atoms with van der Waals surface area (Å²) in [6, 6.07) is 17.0. The molecular weight excluding hydrogens is 404 g/mol. The van der Waals surface area contributed by atoms with Crippen LogP contribution in [0.4, 0.5) is 0 Å². The third kappa shape index (κ3) is 3.86. The number of hydrogen-bond donors (Lipinski definition) is 0. The molecule has 2 aromatic rings. The molecule has 0 radical (unpaired) electrons. The monoisotopic (exact) mass is 434 g/mol. The van der Waals surface area contributed by atoms with E-state index < -0.39 is 0 Å². The maximum Gasteiger partial charge on any atom is 0.121 e. The molecule has 5 rings (SSSR count). The van der Waals surface area contributed by atoms with Crippen molar-refractivity contribution < 1.29 is 9.53 Å². The second kappa shape index (κ2) is 8.49. The Morgan fingerprint density at radius 1 is 1.23 bits per heavy atom. The van der Waals surface area contributed by atoms with Crippen molar-refractivity contribution >= 4 is 17.5 Å². The van der Waals surface area contributed by atoms with Crippen LogP contribution in [-0.4, -0.2) is 11.3 Å². The van der Waals surface area contributed by atoms with Gasteiger partial charge in [-0.05, 0) is 90.0 Å². The summed E-state index contributed by atoms with van der Waals surface area (Å²) < 4.78 is 6.11. The van der Waals surface area contributed by atoms with Crippen molar-refractivity contribution in [1.29, 1.82) is 0 Å². The number of carbonyl (C=O) groups excluding carboxylic acids is 1. The predicted molar refractivity (Wildman–Crippen MR) is 125 cm³/mol. The third-order valence-corrected chi connectivity index (χ3v) is 8.85. The summed E-state index contributed by atoms with van der Waals surface area (Å²) in [6.07, 6.45) is 8.94. The Balaban J connectivity index is 1.44. The second-order valence-corrected chi connectivity index (χ2v) is 10.6. The normalized spacial score (nSPS) is 32.2. The second-order valence-electron chi connectivity index (χ2n) is 10.1. The highest BCUT2D eigenvalue weighted by Crippen LogP contribution is 2.63. The molecular formula is C28H31ClO2. The molecule has 2 aromatic carbocycles. The molecule has 2 fully saturated rings. The van der Waals surface area contributed by atoms with Gasteiger partial charge in [0.1, 0.15) is 18.3 Å². The van der Waals surface area contributed by atoms with E-state index in [2.05, 4.69) is 37.3 Å². The lowest BCUT2D eigenvalue weighted by atomic mass is 9.51. The first-order chi connectivity index (χ1) is 15.1. The topological polar surface area (TPSA) is 26.3 Å². The fraction of sp³-hybridized carbons (Fsp3) is 0.500. The van der Waals surface area contributed by atoms with Crippen molar-refractivity contribution in [2.75, 3.05) is 0 Å². The van der Waals surface area contributed by atoms with Gasteiger partial charge in [0, 0.05) is 6.08 Å². The van der Waals surface area contributed by atoms with Crippen molar-refractivity contribution in [3.8, 4) is 5.75 Å². The van der Waals surface area contributed by atoms with E-state index in [1.807, 2.05) is 24.1 Å². The van der Waals surface area contributed by atoms with Gasteiger partial charge in [-0.25, -0.2) is 4.79 Å². The minimum absolute atomic E-state index is 0.247. The molecule has 2 nitrogen and oxygen atoms in total. The molecule has 0 saturated heterocycles. The van der Waals surface area contributed by atoms with E-state index in [0.717, 1.165) is 24.5 Å². The Morgan fingerprint density at radius 3 is 2.87 bits per heavy atom. The summed E-state index contributed by atoms with van der Waals surface area (Å²) >= 11 is 6.80. The maximum absolute atomic E-state index is 11.1. The van der Waals surface area contributed by atoms with Crippen LogP contribution < -0.4 is 4.74 Å². The number of alkyl halides is 1. The van der Waals surface area contributed by atoms with Crippen molar-refractivity contribution in [3.63, 3.8) is 0 Å². The molecule has 3 aliphatic rings. The predicted octanol–water partition coefficient (Wildman–Crippen LogP) is 6.73. The zero-order chi connectivity index (χ0) is 21.4. The number of hydrogen-bond acceptors (Lipinski definition) is 2. The van der Waals surface area contributed by atoms with Crippen LogP contribution in [0.5, 0.6) is 5.75 Å². The van der Waals surface area contributed by atoms with Crippen LogP contribution in [-0.2, 0) is 17.8 Å². The Morgan fingerprint density at radius 2 is 2.06 bits per heavy atom. The molecule has 0 bridgehead atoms. The van der Waals surface area contributed by atoms with Gasteiger partial charge >= 0.3 is 0 Å². The number of ether oxygens (including phenoxy) is 1. The molecule has 2 saturated carbocycles. The molecule has 0 aromatic heterocycles. The van der Waals surface area contributed by atoms with Crippen LogP contribution >= 0.6 is 11.6 Å². The molecule has 0 spiro atoms. The average molecular weight is 435 g/mol. The molecule has 3 aliphatic carbocycles. The third-order valence-electron chi connectivity index (χ3n) is 8.40. The summed E-state index contributed by atoms with van der Waals surface area (Å²) in [5.74, 6) is 5.07. The van der Waals surface area contributed by atoms with Crippen molar-refractivity contribution in [2.24, 2.45) is 23.2 Å². The Hall–Kier alpha value is -2.02. The van der Waals surface area contributed by atoms with E-state index in [9.17, 15) is 4.79 Å². The quantitative estimate of drug-likeness (QED) is 0.385. The molecule has 3 heteroatoms. The molecule has 0 amide bonds. The van der Waals surface area contributed by atoms with Gasteiger partial charge in [-0.2, -0.15) is 0 Å². The Kier molecular flexibility index (Phi) is 5.71. The smallest absolute Gasteiger partial charge is 0.121 e. The molecule has 2 unspecified atom stereocenters. The SMILES string of the molecule is C[C@@]12CCC[C@H]1[C@@H]1CCc3cc(OCc4ccccc4)ccc3[C@H]1C(C(Cl)C=C=O)C2. The number of benzene rings is 2. The fourth-order valence-electron chi connectivity index (χ4n) is 7.10. The highest BCUT2D eigenvalue weighted by atomic mass is 35.5. The van der Waals surface area contributed by atoms with E-state index in [0.29, 0.717) is 29.8 Å². The van der Waals surface area contributed by atoms with Gasteiger partial charge in [0.25, 0.3) is 0 Å². The number of rotatable bonds is 5. The van der Waals surface area contributed by atoms with Crippen LogP contribution in [0.2, 0.25) is 0 Å². The van der Waals surface area contributed by atoms with Gasteiger partial charge < -0.3 is 4.74 Å². The standard InChI is InChI=1S/C28H31ClO2/c1-28-14-5-8-25(28)23-11-9-20-16-21(31-18-19-6-3-2-4-7-19)10-12-22(20)27(23)24(17-28)26(29)13-15-30/h2-4,6-7,10,12-13,16,23-27H,5,8-9,11,14,17-18H2,1H3/t23-,24?,25-,26?,27+,28-/m0/s1. The van der Waals surface area contributed by atoms with Crippen LogP contribution in [0.25, 0.3) is 0 Å². The van der Waals surface area contributed by atoms with Crippen molar-refractivity contribution in [3.05, 3.63) is 71.3 Å². The largest absolute Gasteiger partial charge is 0.489 e. The highest BCUT2D eigenvalue weighted by Gasteiger charge is 2.55. The lowest BCUT2D eigenvalue weighted by Crippen LogP contribution is -2.46. The summed E-state index contributed by atoms with van der Waals surface area (Å²) in [7, 11) is 0. The first-order valence-electron chi connectivity index (χ1n) is 11.7. The van der Waals surface area contributed by atoms with E-state index in [1.54, 1.807) is 6.08 Å². The van der Waals surface area contributed by atoms with Gasteiger partial charge in [-0.15, -0.1) is 11.6 Å². The highest BCUT2D eigenvalue weighted by molar-refractivity contribution is 6.22. The summed E-state index contributed by atoms with van der Waals surface area (Å²) in [4.78, 5) is 11.1. The van der Waals surface area contributed by atoms with Crippen LogP contribution in [0.15, 0.2) is 54.6 Å². The lowest BCUT2D eigenvalue weighted by molar-refractivity contribution is 0.0196. The minimum atomic E-state index is -0.247. The summed E-state index contributed by atoms with van der Waals surface area (Å²) in [6.45, 7) is 3.06. The zero-order valence-electron chi connectivity index (χ0n) is 18.2. The molecule has 0 aliphatic heterocycles. The summed E-state index contributed by atoms with van der Waals surface area (Å²) in [5.41, 5.74) is 4.38. The molecule has 162 valence electrons. The van der Waals surface area contributed by atoms with Crippen LogP contribution in [0.1, 0.15) is 61.6 Å². The van der Waals surface area contributed by atoms with Gasteiger partial charge in [-0.3, -0.25) is 0 Å². The molecule has 0 heterocycles. The van der Waals surface area contributed by atoms with Gasteiger partial charge in [-0.1, -0.05) is 49.7 Å². The van der Waals surface area contributed by atoms with Crippen LogP contribution in [0, 0.1) is 23.2 Å². The maximum atomic E-state index is 11.1. The zero-order valence-corrected chi connectivity index (χ0v) is 19.0. The van der Waals surface area contributed by atoms with Crippen molar-refractivity contribution in [2.45, 2.75) is 63.4 Å². The number of halogens is 1. The average Bonchev–Trinajstić information content (AvgIpc) is 3.19. The number of fused-ring (bicyclic) bond motifs is 5. The van der Waals surface area contributed by atoms with Gasteiger partial charge in [0.2, 0.25) is 0 Å². The lowest BCUT2D eigenvalue weighted by Gasteiger charge is -2.53. The minimum Gasteiger partial charge on any atom is -0.489 e. The number of aryl methyl sites for hydroxylation is 1. The van der Waals surface area contributed by atoms with Gasteiger partial charge in [0.15, 0.2) is 0 Å².